The molecule has 1 saturated carbocycles. The number of hydrogen-bond donors (Lipinski definition) is 0. The fourth-order valence-corrected chi connectivity index (χ4v) is 3.58. The molecule has 0 aromatic heterocycles. The number of aryl methyl sites for hydroxylation is 1. The number of halogens is 3. The van der Waals surface area contributed by atoms with Crippen LogP contribution in [0.25, 0.3) is 0 Å². The largest absolute Gasteiger partial charge is 0.416 e. The van der Waals surface area contributed by atoms with Gasteiger partial charge < -0.3 is 9.74 Å². The third-order valence-electron chi connectivity index (χ3n) is 5.41. The van der Waals surface area contributed by atoms with Gasteiger partial charge in [0.05, 0.1) is 17.8 Å². The average molecular weight is 416 g/mol. The summed E-state index contributed by atoms with van der Waals surface area (Å²) in [5.74, 6) is -0.0607. The minimum absolute atomic E-state index is 0.0280. The maximum atomic E-state index is 13.0. The molecule has 1 atom stereocenters. The monoisotopic (exact) mass is 416 g/mol. The van der Waals surface area contributed by atoms with E-state index < -0.39 is 11.7 Å². The van der Waals surface area contributed by atoms with Gasteiger partial charge in [-0.05, 0) is 43.0 Å². The SMILES string of the molecule is Cc1ccc(C2=NO[C@H](CN(Cc3cccc(C(F)(F)F)c3)C(=O)C3CC3)C2)cc1. The standard InChI is InChI=1S/C23H23F3N2O2/c1-15-5-7-17(8-6-15)21-12-20(30-27-21)14-28(22(29)18-9-10-18)13-16-3-2-4-19(11-16)23(24,25)26/h2-8,11,18,20H,9-10,12-14H2,1H3/t20-/m0/s1. The molecule has 0 N–H and O–H groups in total. The summed E-state index contributed by atoms with van der Waals surface area (Å²) in [6.07, 6.45) is -2.51. The van der Waals surface area contributed by atoms with Crippen molar-refractivity contribution in [3.8, 4) is 0 Å². The Labute approximate surface area is 173 Å². The van der Waals surface area contributed by atoms with Gasteiger partial charge in [-0.1, -0.05) is 47.1 Å². The van der Waals surface area contributed by atoms with Gasteiger partial charge in [0.1, 0.15) is 0 Å². The third-order valence-corrected chi connectivity index (χ3v) is 5.41. The first kappa shape index (κ1) is 20.4. The first-order chi connectivity index (χ1) is 14.3. The molecule has 0 spiro atoms. The lowest BCUT2D eigenvalue weighted by molar-refractivity contribution is -0.137. The zero-order valence-electron chi connectivity index (χ0n) is 16.7. The molecule has 0 unspecified atom stereocenters. The van der Waals surface area contributed by atoms with E-state index in [9.17, 15) is 18.0 Å². The van der Waals surface area contributed by atoms with Gasteiger partial charge in [-0.15, -0.1) is 0 Å². The lowest BCUT2D eigenvalue weighted by Crippen LogP contribution is -2.38. The van der Waals surface area contributed by atoms with Crippen molar-refractivity contribution >= 4 is 11.6 Å². The number of alkyl halides is 3. The number of carbonyl (C=O) groups is 1. The summed E-state index contributed by atoms with van der Waals surface area (Å²) in [6.45, 7) is 2.43. The Morgan fingerprint density at radius 1 is 1.17 bits per heavy atom. The first-order valence-electron chi connectivity index (χ1n) is 10.0. The smallest absolute Gasteiger partial charge is 0.390 e. The van der Waals surface area contributed by atoms with Gasteiger partial charge >= 0.3 is 6.18 Å². The van der Waals surface area contributed by atoms with E-state index in [0.717, 1.165) is 41.8 Å². The number of nitrogens with zero attached hydrogens (tertiary/aromatic N) is 2. The van der Waals surface area contributed by atoms with E-state index in [0.29, 0.717) is 18.5 Å². The van der Waals surface area contributed by atoms with E-state index in [-0.39, 0.29) is 24.5 Å². The van der Waals surface area contributed by atoms with Crippen LogP contribution in [0, 0.1) is 12.8 Å². The molecule has 4 rings (SSSR count). The summed E-state index contributed by atoms with van der Waals surface area (Å²) in [5.41, 5.74) is 2.69. The summed E-state index contributed by atoms with van der Waals surface area (Å²) in [7, 11) is 0. The van der Waals surface area contributed by atoms with Crippen LogP contribution in [0.15, 0.2) is 53.7 Å². The van der Waals surface area contributed by atoms with Crippen molar-refractivity contribution in [2.45, 2.75) is 45.0 Å². The second kappa shape index (κ2) is 8.13. The van der Waals surface area contributed by atoms with Crippen LogP contribution in [0.3, 0.4) is 0 Å². The van der Waals surface area contributed by atoms with Crippen LogP contribution in [0.2, 0.25) is 0 Å². The summed E-state index contributed by atoms with van der Waals surface area (Å²) >= 11 is 0. The molecule has 1 amide bonds. The topological polar surface area (TPSA) is 41.9 Å². The van der Waals surface area contributed by atoms with E-state index in [2.05, 4.69) is 5.16 Å². The highest BCUT2D eigenvalue weighted by molar-refractivity contribution is 6.01. The molecule has 1 heterocycles. The molecule has 2 aliphatic rings. The van der Waals surface area contributed by atoms with E-state index in [1.807, 2.05) is 31.2 Å². The molecule has 2 aromatic rings. The van der Waals surface area contributed by atoms with E-state index >= 15 is 0 Å². The number of hydrogen-bond acceptors (Lipinski definition) is 3. The van der Waals surface area contributed by atoms with Crippen LogP contribution in [-0.4, -0.2) is 29.2 Å². The minimum atomic E-state index is -4.41. The molecule has 1 aliphatic carbocycles. The molecule has 0 saturated heterocycles. The molecule has 1 fully saturated rings. The molecule has 30 heavy (non-hydrogen) atoms. The summed E-state index contributed by atoms with van der Waals surface area (Å²) in [5, 5.41) is 4.17. The zero-order chi connectivity index (χ0) is 21.3. The predicted octanol–water partition coefficient (Wildman–Crippen LogP) is 4.95. The lowest BCUT2D eigenvalue weighted by atomic mass is 10.0. The molecule has 7 heteroatoms. The Hall–Kier alpha value is -2.83. The van der Waals surface area contributed by atoms with Crippen LogP contribution in [0.5, 0.6) is 0 Å². The maximum Gasteiger partial charge on any atom is 0.416 e. The van der Waals surface area contributed by atoms with Gasteiger partial charge in [-0.3, -0.25) is 4.79 Å². The normalized spacial score (nSPS) is 18.7. The average Bonchev–Trinajstić information content (AvgIpc) is 3.46. The molecule has 158 valence electrons. The Morgan fingerprint density at radius 3 is 2.57 bits per heavy atom. The van der Waals surface area contributed by atoms with Gasteiger partial charge in [0.2, 0.25) is 5.91 Å². The van der Waals surface area contributed by atoms with Crippen LogP contribution >= 0.6 is 0 Å². The Morgan fingerprint density at radius 2 is 1.90 bits per heavy atom. The fourth-order valence-electron chi connectivity index (χ4n) is 3.58. The van der Waals surface area contributed by atoms with Crippen LogP contribution in [0.4, 0.5) is 13.2 Å². The Kier molecular flexibility index (Phi) is 5.54. The van der Waals surface area contributed by atoms with Gasteiger partial charge in [0.25, 0.3) is 0 Å². The predicted molar refractivity (Wildman–Crippen MR) is 107 cm³/mol. The zero-order valence-corrected chi connectivity index (χ0v) is 16.7. The summed E-state index contributed by atoms with van der Waals surface area (Å²) in [6, 6.07) is 13.1. The van der Waals surface area contributed by atoms with Crippen molar-refractivity contribution in [2.24, 2.45) is 11.1 Å². The molecule has 2 aromatic carbocycles. The highest BCUT2D eigenvalue weighted by Crippen LogP contribution is 2.33. The summed E-state index contributed by atoms with van der Waals surface area (Å²) in [4.78, 5) is 20.0. The number of carbonyl (C=O) groups excluding carboxylic acids is 1. The molecular formula is C23H23F3N2O2. The highest BCUT2D eigenvalue weighted by atomic mass is 19.4. The number of rotatable bonds is 6. The second-order valence-electron chi connectivity index (χ2n) is 8.03. The maximum absolute atomic E-state index is 13.0. The van der Waals surface area contributed by atoms with E-state index in [1.54, 1.807) is 11.0 Å². The molecular weight excluding hydrogens is 393 g/mol. The van der Waals surface area contributed by atoms with Gasteiger partial charge in [0, 0.05) is 18.9 Å². The number of benzene rings is 2. The minimum Gasteiger partial charge on any atom is -0.390 e. The van der Waals surface area contributed by atoms with E-state index in [4.69, 9.17) is 4.84 Å². The quantitative estimate of drug-likeness (QED) is 0.669. The Bertz CT molecular complexity index is 950. The fraction of sp³-hybridized carbons (Fsp3) is 0.391. The molecule has 0 radical (unpaired) electrons. The molecule has 4 nitrogen and oxygen atoms in total. The lowest BCUT2D eigenvalue weighted by Gasteiger charge is -2.25. The van der Waals surface area contributed by atoms with Gasteiger partial charge in [-0.25, -0.2) is 0 Å². The van der Waals surface area contributed by atoms with E-state index in [1.165, 1.54) is 6.07 Å². The van der Waals surface area contributed by atoms with Crippen LogP contribution < -0.4 is 0 Å². The van der Waals surface area contributed by atoms with Crippen molar-refractivity contribution in [3.63, 3.8) is 0 Å². The first-order valence-corrected chi connectivity index (χ1v) is 10.0. The van der Waals surface area contributed by atoms with Crippen LogP contribution in [0.1, 0.15) is 41.5 Å². The van der Waals surface area contributed by atoms with Crippen molar-refractivity contribution in [1.82, 2.24) is 4.90 Å². The highest BCUT2D eigenvalue weighted by Gasteiger charge is 2.36. The summed E-state index contributed by atoms with van der Waals surface area (Å²) < 4.78 is 39.1. The number of amides is 1. The van der Waals surface area contributed by atoms with Crippen molar-refractivity contribution in [1.29, 1.82) is 0 Å². The van der Waals surface area contributed by atoms with Gasteiger partial charge in [-0.2, -0.15) is 13.2 Å². The Balaban J connectivity index is 1.45. The van der Waals surface area contributed by atoms with Crippen molar-refractivity contribution in [2.75, 3.05) is 6.54 Å². The van der Waals surface area contributed by atoms with Gasteiger partial charge in [0.15, 0.2) is 6.10 Å². The van der Waals surface area contributed by atoms with Crippen molar-refractivity contribution < 1.29 is 22.8 Å². The third kappa shape index (κ3) is 4.83. The molecule has 0 bridgehead atoms. The van der Waals surface area contributed by atoms with Crippen LogP contribution in [-0.2, 0) is 22.4 Å². The van der Waals surface area contributed by atoms with Crippen molar-refractivity contribution in [3.05, 3.63) is 70.8 Å². The second-order valence-corrected chi connectivity index (χ2v) is 8.03. The molecule has 1 aliphatic heterocycles. The number of oxime groups is 1.